The monoisotopic (exact) mass is 356 g/mol. The second kappa shape index (κ2) is 5.24. The van der Waals surface area contributed by atoms with E-state index in [0.29, 0.717) is 0 Å². The number of carbonyl (C=O) groups excluding carboxylic acids is 2. The molecule has 0 unspecified atom stereocenters. The Hall–Kier alpha value is -3.06. The van der Waals surface area contributed by atoms with Crippen LogP contribution in [0.1, 0.15) is 43.0 Å². The van der Waals surface area contributed by atoms with Gasteiger partial charge in [0.15, 0.2) is 11.6 Å². The van der Waals surface area contributed by atoms with Gasteiger partial charge in [-0.3, -0.25) is 9.59 Å². The molecule has 2 aromatic rings. The standard InChI is InChI=1S/C16H6Cl2N4O2/c17-7-1-2-8(18)10-9(7)15(23)11-12(16(10)24)14(22)6(4-20)5(3-19)13(11)21/h1-2H,21-22H2. The maximum absolute atomic E-state index is 12.8. The van der Waals surface area contributed by atoms with Crippen LogP contribution in [0.4, 0.5) is 11.4 Å². The maximum Gasteiger partial charge on any atom is 0.198 e. The summed E-state index contributed by atoms with van der Waals surface area (Å²) in [5, 5.41) is 18.5. The number of benzene rings is 2. The predicted molar refractivity (Wildman–Crippen MR) is 88.0 cm³/mol. The zero-order valence-electron chi connectivity index (χ0n) is 11.8. The molecule has 0 bridgehead atoms. The van der Waals surface area contributed by atoms with Gasteiger partial charge in [0.05, 0.1) is 54.8 Å². The van der Waals surface area contributed by atoms with Gasteiger partial charge in [0.25, 0.3) is 0 Å². The van der Waals surface area contributed by atoms with Gasteiger partial charge in [0.2, 0.25) is 0 Å². The van der Waals surface area contributed by atoms with E-state index in [2.05, 4.69) is 0 Å². The lowest BCUT2D eigenvalue weighted by Crippen LogP contribution is -2.26. The highest BCUT2D eigenvalue weighted by molar-refractivity contribution is 6.44. The van der Waals surface area contributed by atoms with Crippen LogP contribution in [0, 0.1) is 22.7 Å². The average molecular weight is 357 g/mol. The Morgan fingerprint density at radius 3 is 1.38 bits per heavy atom. The van der Waals surface area contributed by atoms with Gasteiger partial charge in [0, 0.05) is 0 Å². The Morgan fingerprint density at radius 1 is 0.750 bits per heavy atom. The Bertz CT molecular complexity index is 978. The smallest absolute Gasteiger partial charge is 0.198 e. The normalized spacial score (nSPS) is 12.2. The summed E-state index contributed by atoms with van der Waals surface area (Å²) in [6, 6.07) is 6.25. The molecular weight excluding hydrogens is 351 g/mol. The number of carbonyl (C=O) groups is 2. The van der Waals surface area contributed by atoms with Crippen LogP contribution < -0.4 is 11.5 Å². The first-order valence-corrected chi connectivity index (χ1v) is 7.23. The van der Waals surface area contributed by atoms with Gasteiger partial charge in [-0.25, -0.2) is 0 Å². The number of hydrogen-bond donors (Lipinski definition) is 2. The van der Waals surface area contributed by atoms with Gasteiger partial charge in [-0.1, -0.05) is 23.2 Å². The number of nitrogen functional groups attached to an aromatic ring is 2. The topological polar surface area (TPSA) is 134 Å². The van der Waals surface area contributed by atoms with E-state index < -0.39 is 11.6 Å². The molecule has 24 heavy (non-hydrogen) atoms. The first-order valence-electron chi connectivity index (χ1n) is 6.47. The Labute approximate surface area is 145 Å². The number of anilines is 2. The second-order valence-electron chi connectivity index (χ2n) is 4.99. The fourth-order valence-electron chi connectivity index (χ4n) is 2.74. The minimum Gasteiger partial charge on any atom is -0.397 e. The molecule has 6 nitrogen and oxygen atoms in total. The van der Waals surface area contributed by atoms with Crippen molar-refractivity contribution in [2.45, 2.75) is 0 Å². The second-order valence-corrected chi connectivity index (χ2v) is 5.80. The molecule has 116 valence electrons. The number of halogens is 2. The Balaban J connectivity index is 2.54. The van der Waals surface area contributed by atoms with E-state index >= 15 is 0 Å². The summed E-state index contributed by atoms with van der Waals surface area (Å²) in [7, 11) is 0. The average Bonchev–Trinajstić information content (AvgIpc) is 2.55. The van der Waals surface area contributed by atoms with Gasteiger partial charge in [-0.2, -0.15) is 10.5 Å². The third-order valence-electron chi connectivity index (χ3n) is 3.81. The molecule has 0 saturated carbocycles. The zero-order chi connectivity index (χ0) is 17.8. The van der Waals surface area contributed by atoms with Crippen molar-refractivity contribution in [3.05, 3.63) is 55.6 Å². The van der Waals surface area contributed by atoms with Crippen molar-refractivity contribution >= 4 is 46.1 Å². The van der Waals surface area contributed by atoms with E-state index in [1.54, 1.807) is 12.1 Å². The van der Waals surface area contributed by atoms with Crippen LogP contribution in [0.2, 0.25) is 10.0 Å². The number of ketones is 2. The van der Waals surface area contributed by atoms with Crippen LogP contribution in [0.3, 0.4) is 0 Å². The number of nitrogens with zero attached hydrogens (tertiary/aromatic N) is 2. The van der Waals surface area contributed by atoms with E-state index in [4.69, 9.17) is 34.7 Å². The van der Waals surface area contributed by atoms with Crippen LogP contribution in [-0.2, 0) is 0 Å². The fourth-order valence-corrected chi connectivity index (χ4v) is 3.23. The summed E-state index contributed by atoms with van der Waals surface area (Å²) >= 11 is 12.1. The molecule has 8 heteroatoms. The van der Waals surface area contributed by atoms with Crippen molar-refractivity contribution in [2.24, 2.45) is 0 Å². The van der Waals surface area contributed by atoms with Crippen LogP contribution >= 0.6 is 23.2 Å². The molecule has 2 aromatic carbocycles. The van der Waals surface area contributed by atoms with Gasteiger partial charge >= 0.3 is 0 Å². The van der Waals surface area contributed by atoms with Crippen molar-refractivity contribution in [3.8, 4) is 12.1 Å². The predicted octanol–water partition coefficient (Wildman–Crippen LogP) is 2.68. The molecular formula is C16H6Cl2N4O2. The van der Waals surface area contributed by atoms with Crippen molar-refractivity contribution in [3.63, 3.8) is 0 Å². The minimum absolute atomic E-state index is 0.0271. The van der Waals surface area contributed by atoms with Crippen LogP contribution in [0.25, 0.3) is 0 Å². The molecule has 0 saturated heterocycles. The molecule has 1 aliphatic rings. The first kappa shape index (κ1) is 15.8. The lowest BCUT2D eigenvalue weighted by molar-refractivity contribution is 0.0980. The van der Waals surface area contributed by atoms with Gasteiger partial charge in [-0.05, 0) is 12.1 Å². The Morgan fingerprint density at radius 2 is 1.08 bits per heavy atom. The summed E-state index contributed by atoms with van der Waals surface area (Å²) in [4.78, 5) is 25.7. The minimum atomic E-state index is -0.669. The molecule has 0 aromatic heterocycles. The van der Waals surface area contributed by atoms with Crippen molar-refractivity contribution in [1.29, 1.82) is 10.5 Å². The lowest BCUT2D eigenvalue weighted by Gasteiger charge is -2.23. The summed E-state index contributed by atoms with van der Waals surface area (Å²) in [6.45, 7) is 0. The molecule has 0 spiro atoms. The largest absolute Gasteiger partial charge is 0.397 e. The summed E-state index contributed by atoms with van der Waals surface area (Å²) in [5.41, 5.74) is 10.0. The Kier molecular flexibility index (Phi) is 3.46. The number of fused-ring (bicyclic) bond motifs is 2. The molecule has 0 atom stereocenters. The molecule has 0 aliphatic heterocycles. The highest BCUT2D eigenvalue weighted by Crippen LogP contribution is 2.42. The molecule has 0 radical (unpaired) electrons. The van der Waals surface area contributed by atoms with Crippen molar-refractivity contribution < 1.29 is 9.59 Å². The molecule has 0 amide bonds. The fraction of sp³-hybridized carbons (Fsp3) is 0. The van der Waals surface area contributed by atoms with Crippen LogP contribution in [0.5, 0.6) is 0 Å². The molecule has 4 N–H and O–H groups in total. The number of nitriles is 2. The number of nitrogens with two attached hydrogens (primary N) is 2. The van der Waals surface area contributed by atoms with E-state index in [9.17, 15) is 20.1 Å². The molecule has 3 rings (SSSR count). The van der Waals surface area contributed by atoms with Crippen LogP contribution in [0.15, 0.2) is 12.1 Å². The lowest BCUT2D eigenvalue weighted by atomic mass is 9.80. The van der Waals surface area contributed by atoms with Crippen molar-refractivity contribution in [2.75, 3.05) is 11.5 Å². The highest BCUT2D eigenvalue weighted by Gasteiger charge is 2.38. The third kappa shape index (κ3) is 1.82. The van der Waals surface area contributed by atoms with Gasteiger partial charge in [0.1, 0.15) is 12.1 Å². The highest BCUT2D eigenvalue weighted by atomic mass is 35.5. The summed E-state index contributed by atoms with van der Waals surface area (Å²) < 4.78 is 0. The van der Waals surface area contributed by atoms with E-state index in [1.165, 1.54) is 12.1 Å². The van der Waals surface area contributed by atoms with Gasteiger partial charge in [-0.15, -0.1) is 0 Å². The van der Waals surface area contributed by atoms with Gasteiger partial charge < -0.3 is 11.5 Å². The summed E-state index contributed by atoms with van der Waals surface area (Å²) in [5.74, 6) is -1.34. The number of hydrogen-bond acceptors (Lipinski definition) is 6. The molecule has 0 heterocycles. The molecule has 1 aliphatic carbocycles. The number of rotatable bonds is 0. The molecule has 0 fully saturated rings. The van der Waals surface area contributed by atoms with Crippen molar-refractivity contribution in [1.82, 2.24) is 0 Å². The summed E-state index contributed by atoms with van der Waals surface area (Å²) in [6.07, 6.45) is 0. The quantitative estimate of drug-likeness (QED) is 0.594. The van der Waals surface area contributed by atoms with E-state index in [1.807, 2.05) is 0 Å². The first-order chi connectivity index (χ1) is 11.3. The third-order valence-corrected chi connectivity index (χ3v) is 4.44. The van der Waals surface area contributed by atoms with E-state index in [-0.39, 0.29) is 54.8 Å². The van der Waals surface area contributed by atoms with Crippen LogP contribution in [-0.4, -0.2) is 11.6 Å². The SMILES string of the molecule is N#Cc1c(N)c2c(c(N)c1C#N)C(=O)c1c(Cl)ccc(Cl)c1C2=O. The maximum atomic E-state index is 12.8. The van der Waals surface area contributed by atoms with E-state index in [0.717, 1.165) is 0 Å². The zero-order valence-corrected chi connectivity index (χ0v) is 13.3.